The number of rotatable bonds is 9. The summed E-state index contributed by atoms with van der Waals surface area (Å²) >= 11 is 0. The van der Waals surface area contributed by atoms with Gasteiger partial charge < -0.3 is 19.9 Å². The predicted octanol–water partition coefficient (Wildman–Crippen LogP) is 3.02. The summed E-state index contributed by atoms with van der Waals surface area (Å²) in [5.74, 6) is 3.55. The number of nitrogens with zero attached hydrogens (tertiary/aromatic N) is 3. The summed E-state index contributed by atoms with van der Waals surface area (Å²) in [6.07, 6.45) is 1.69. The van der Waals surface area contributed by atoms with Crippen molar-refractivity contribution in [1.29, 1.82) is 0 Å². The molecule has 1 aromatic carbocycles. The SMILES string of the molecule is CN=C(NCCc1nc(C)no1)NCc1ccc(C)cc1OCCC(C)C. The summed E-state index contributed by atoms with van der Waals surface area (Å²) in [5, 5.41) is 10.4. The highest BCUT2D eigenvalue weighted by molar-refractivity contribution is 5.79. The Bertz CT molecular complexity index is 740. The second kappa shape index (κ2) is 10.5. The lowest BCUT2D eigenvalue weighted by Gasteiger charge is -2.16. The van der Waals surface area contributed by atoms with Crippen LogP contribution < -0.4 is 15.4 Å². The van der Waals surface area contributed by atoms with Gasteiger partial charge in [-0.3, -0.25) is 4.99 Å². The third-order valence-corrected chi connectivity index (χ3v) is 4.05. The zero-order chi connectivity index (χ0) is 19.6. The van der Waals surface area contributed by atoms with Gasteiger partial charge in [0.2, 0.25) is 5.89 Å². The van der Waals surface area contributed by atoms with Crippen molar-refractivity contribution in [1.82, 2.24) is 20.8 Å². The molecule has 0 saturated carbocycles. The number of aromatic nitrogens is 2. The van der Waals surface area contributed by atoms with E-state index in [-0.39, 0.29) is 0 Å². The highest BCUT2D eigenvalue weighted by Crippen LogP contribution is 2.21. The maximum absolute atomic E-state index is 6.01. The molecule has 0 radical (unpaired) electrons. The van der Waals surface area contributed by atoms with E-state index in [9.17, 15) is 0 Å². The van der Waals surface area contributed by atoms with Crippen LogP contribution in [0.3, 0.4) is 0 Å². The summed E-state index contributed by atoms with van der Waals surface area (Å²) < 4.78 is 11.1. The molecule has 7 nitrogen and oxygen atoms in total. The van der Waals surface area contributed by atoms with E-state index >= 15 is 0 Å². The van der Waals surface area contributed by atoms with Crippen molar-refractivity contribution in [3.05, 3.63) is 41.0 Å². The van der Waals surface area contributed by atoms with Gasteiger partial charge in [-0.2, -0.15) is 4.98 Å². The number of aryl methyl sites for hydroxylation is 2. The molecule has 27 heavy (non-hydrogen) atoms. The van der Waals surface area contributed by atoms with Crippen LogP contribution >= 0.6 is 0 Å². The number of aliphatic imine (C=N–C) groups is 1. The maximum atomic E-state index is 6.01. The highest BCUT2D eigenvalue weighted by atomic mass is 16.5. The Hall–Kier alpha value is -2.57. The monoisotopic (exact) mass is 373 g/mol. The fourth-order valence-electron chi connectivity index (χ4n) is 2.48. The molecule has 148 valence electrons. The number of hydrogen-bond acceptors (Lipinski definition) is 5. The van der Waals surface area contributed by atoms with Crippen molar-refractivity contribution in [2.24, 2.45) is 10.9 Å². The van der Waals surface area contributed by atoms with Crippen LogP contribution in [0.4, 0.5) is 0 Å². The zero-order valence-electron chi connectivity index (χ0n) is 17.0. The van der Waals surface area contributed by atoms with E-state index in [1.807, 2.05) is 6.92 Å². The van der Waals surface area contributed by atoms with Crippen LogP contribution in [-0.2, 0) is 13.0 Å². The molecule has 1 aromatic heterocycles. The van der Waals surface area contributed by atoms with E-state index in [0.29, 0.717) is 37.1 Å². The molecule has 0 atom stereocenters. The number of hydrogen-bond donors (Lipinski definition) is 2. The van der Waals surface area contributed by atoms with Gasteiger partial charge in [0.1, 0.15) is 5.75 Å². The van der Waals surface area contributed by atoms with Crippen molar-refractivity contribution >= 4 is 5.96 Å². The van der Waals surface area contributed by atoms with E-state index in [1.165, 1.54) is 5.56 Å². The molecule has 2 N–H and O–H groups in total. The normalized spacial score (nSPS) is 11.7. The van der Waals surface area contributed by atoms with Crippen LogP contribution in [0.15, 0.2) is 27.7 Å². The highest BCUT2D eigenvalue weighted by Gasteiger charge is 2.07. The van der Waals surface area contributed by atoms with Gasteiger partial charge >= 0.3 is 0 Å². The van der Waals surface area contributed by atoms with E-state index in [1.54, 1.807) is 7.05 Å². The predicted molar refractivity (Wildman–Crippen MR) is 107 cm³/mol. The van der Waals surface area contributed by atoms with Crippen LogP contribution in [-0.4, -0.2) is 36.3 Å². The minimum atomic E-state index is 0.620. The molecular formula is C20H31N5O2. The zero-order valence-corrected chi connectivity index (χ0v) is 17.0. The van der Waals surface area contributed by atoms with E-state index in [4.69, 9.17) is 9.26 Å². The van der Waals surface area contributed by atoms with Gasteiger partial charge in [-0.1, -0.05) is 31.1 Å². The lowest BCUT2D eigenvalue weighted by Crippen LogP contribution is -2.38. The Kier molecular flexibility index (Phi) is 8.10. The minimum Gasteiger partial charge on any atom is -0.493 e. The van der Waals surface area contributed by atoms with Crippen LogP contribution in [0, 0.1) is 19.8 Å². The van der Waals surface area contributed by atoms with Gasteiger partial charge in [-0.25, -0.2) is 0 Å². The van der Waals surface area contributed by atoms with Gasteiger partial charge in [0, 0.05) is 32.1 Å². The second-order valence-electron chi connectivity index (χ2n) is 6.98. The van der Waals surface area contributed by atoms with Crippen LogP contribution in [0.2, 0.25) is 0 Å². The summed E-state index contributed by atoms with van der Waals surface area (Å²) in [6.45, 7) is 10.3. The molecule has 2 aromatic rings. The first-order chi connectivity index (χ1) is 13.0. The Morgan fingerprint density at radius 3 is 2.74 bits per heavy atom. The van der Waals surface area contributed by atoms with Crippen molar-refractivity contribution < 1.29 is 9.26 Å². The Morgan fingerprint density at radius 1 is 1.26 bits per heavy atom. The molecule has 0 saturated heterocycles. The third kappa shape index (κ3) is 7.29. The molecule has 0 aliphatic rings. The fraction of sp³-hybridized carbons (Fsp3) is 0.550. The molecule has 0 aliphatic carbocycles. The minimum absolute atomic E-state index is 0.620. The maximum Gasteiger partial charge on any atom is 0.228 e. The molecule has 2 rings (SSSR count). The van der Waals surface area contributed by atoms with Gasteiger partial charge in [0.25, 0.3) is 0 Å². The van der Waals surface area contributed by atoms with Gasteiger partial charge in [-0.05, 0) is 37.8 Å². The van der Waals surface area contributed by atoms with Crippen molar-refractivity contribution in [2.45, 2.75) is 47.1 Å². The fourth-order valence-corrected chi connectivity index (χ4v) is 2.48. The molecule has 0 bridgehead atoms. The van der Waals surface area contributed by atoms with Crippen molar-refractivity contribution in [2.75, 3.05) is 20.2 Å². The topological polar surface area (TPSA) is 84.6 Å². The molecular weight excluding hydrogens is 342 g/mol. The Morgan fingerprint density at radius 2 is 2.07 bits per heavy atom. The van der Waals surface area contributed by atoms with E-state index < -0.39 is 0 Å². The molecule has 7 heteroatoms. The van der Waals surface area contributed by atoms with Crippen LogP contribution in [0.1, 0.15) is 43.1 Å². The standard InChI is InChI=1S/C20H31N5O2/c1-14(2)9-11-26-18-12-15(3)6-7-17(18)13-23-20(21-5)22-10-8-19-24-16(4)25-27-19/h6-7,12,14H,8-11,13H2,1-5H3,(H2,21,22,23). The third-order valence-electron chi connectivity index (χ3n) is 4.05. The Labute approximate surface area is 161 Å². The average Bonchev–Trinajstić information content (AvgIpc) is 3.04. The Balaban J connectivity index is 1.85. The number of nitrogens with one attached hydrogen (secondary N) is 2. The van der Waals surface area contributed by atoms with Gasteiger partial charge in [0.15, 0.2) is 11.8 Å². The number of guanidine groups is 1. The van der Waals surface area contributed by atoms with Crippen molar-refractivity contribution in [3.63, 3.8) is 0 Å². The van der Waals surface area contributed by atoms with Crippen LogP contribution in [0.25, 0.3) is 0 Å². The number of ether oxygens (including phenoxy) is 1. The van der Waals surface area contributed by atoms with Crippen LogP contribution in [0.5, 0.6) is 5.75 Å². The first-order valence-electron chi connectivity index (χ1n) is 9.44. The summed E-state index contributed by atoms with van der Waals surface area (Å²) in [7, 11) is 1.75. The summed E-state index contributed by atoms with van der Waals surface area (Å²) in [6, 6.07) is 6.29. The second-order valence-corrected chi connectivity index (χ2v) is 6.98. The number of benzene rings is 1. The molecule has 0 aliphatic heterocycles. The van der Waals surface area contributed by atoms with E-state index in [0.717, 1.165) is 30.3 Å². The molecule has 0 amide bonds. The van der Waals surface area contributed by atoms with E-state index in [2.05, 4.69) is 64.7 Å². The summed E-state index contributed by atoms with van der Waals surface area (Å²) in [4.78, 5) is 8.45. The first kappa shape index (κ1) is 20.7. The first-order valence-corrected chi connectivity index (χ1v) is 9.44. The molecule has 1 heterocycles. The van der Waals surface area contributed by atoms with Gasteiger partial charge in [0.05, 0.1) is 6.61 Å². The van der Waals surface area contributed by atoms with Crippen molar-refractivity contribution in [3.8, 4) is 5.75 Å². The molecule has 0 spiro atoms. The smallest absolute Gasteiger partial charge is 0.228 e. The molecule has 0 unspecified atom stereocenters. The lowest BCUT2D eigenvalue weighted by molar-refractivity contribution is 0.286. The quantitative estimate of drug-likeness (QED) is 0.519. The largest absolute Gasteiger partial charge is 0.493 e. The lowest BCUT2D eigenvalue weighted by atomic mass is 10.1. The van der Waals surface area contributed by atoms with Gasteiger partial charge in [-0.15, -0.1) is 0 Å². The average molecular weight is 374 g/mol. The molecule has 0 fully saturated rings. The summed E-state index contributed by atoms with van der Waals surface area (Å²) in [5.41, 5.74) is 2.30.